The number of rotatable bonds is 8. The summed E-state index contributed by atoms with van der Waals surface area (Å²) in [6.45, 7) is 0. The van der Waals surface area contributed by atoms with E-state index in [1.54, 1.807) is 5.57 Å². The highest BCUT2D eigenvalue weighted by Crippen LogP contribution is 2.45. The molecule has 2 nitrogen and oxygen atoms in total. The first-order valence-electron chi connectivity index (χ1n) is 20.3. The molecule has 0 radical (unpaired) electrons. The van der Waals surface area contributed by atoms with Crippen molar-refractivity contribution in [1.29, 1.82) is 0 Å². The standard InChI is InChI=1S/C53H46N2/c1-4-13-38(14-5-1)40-23-27-46(28-24-40)54(47-29-25-41(26-30-47)39-15-6-2-7-16-39)48-31-33-50-43(36-48)35-44-37-49(32-34-51(44)50)55(45-19-8-3-9-20-45)53-22-12-18-42-17-10-11-21-52(42)53/h1,3-4,6,8-9,11,13,15,19-27,29-34,36-37,39,46H,2,7,10,12,16-18,28,35H2. The fraction of sp³-hybridized carbons (Fsp3) is 0.208. The van der Waals surface area contributed by atoms with Gasteiger partial charge >= 0.3 is 0 Å². The van der Waals surface area contributed by atoms with Gasteiger partial charge in [0.2, 0.25) is 0 Å². The molecule has 6 aliphatic rings. The molecule has 0 heterocycles. The summed E-state index contributed by atoms with van der Waals surface area (Å²) in [5.41, 5.74) is 24.9. The van der Waals surface area contributed by atoms with Gasteiger partial charge in [0.1, 0.15) is 0 Å². The van der Waals surface area contributed by atoms with Crippen LogP contribution in [0.15, 0.2) is 197 Å². The number of nitrogens with zero attached hydrogens (tertiary/aromatic N) is 2. The van der Waals surface area contributed by atoms with Crippen LogP contribution in [-0.4, -0.2) is 6.04 Å². The van der Waals surface area contributed by atoms with E-state index in [0.717, 1.165) is 31.3 Å². The van der Waals surface area contributed by atoms with E-state index in [9.17, 15) is 0 Å². The Kier molecular flexibility index (Phi) is 8.93. The number of anilines is 4. The molecule has 0 amide bonds. The highest BCUT2D eigenvalue weighted by molar-refractivity contribution is 5.84. The van der Waals surface area contributed by atoms with Gasteiger partial charge in [-0.1, -0.05) is 114 Å². The van der Waals surface area contributed by atoms with Crippen LogP contribution in [-0.2, 0) is 6.42 Å². The fourth-order valence-corrected chi connectivity index (χ4v) is 9.45. The minimum atomic E-state index is 0.196. The molecule has 0 aromatic heterocycles. The van der Waals surface area contributed by atoms with Gasteiger partial charge in [0.05, 0.1) is 6.04 Å². The van der Waals surface area contributed by atoms with Crippen LogP contribution in [0, 0.1) is 0 Å². The van der Waals surface area contributed by atoms with Crippen molar-refractivity contribution >= 4 is 22.7 Å². The van der Waals surface area contributed by atoms with Crippen molar-refractivity contribution in [3.8, 4) is 11.1 Å². The molecule has 0 bridgehead atoms. The Labute approximate surface area is 326 Å². The lowest BCUT2D eigenvalue weighted by Crippen LogP contribution is -2.30. The summed E-state index contributed by atoms with van der Waals surface area (Å²) in [6, 6.07) is 34.9. The Morgan fingerprint density at radius 1 is 0.655 bits per heavy atom. The average molecular weight is 711 g/mol. The molecule has 2 atom stereocenters. The second-order valence-corrected chi connectivity index (χ2v) is 15.6. The van der Waals surface area contributed by atoms with E-state index in [-0.39, 0.29) is 6.04 Å². The summed E-state index contributed by atoms with van der Waals surface area (Å²) in [5.74, 6) is 0.517. The summed E-state index contributed by atoms with van der Waals surface area (Å²) in [6.07, 6.45) is 35.2. The lowest BCUT2D eigenvalue weighted by molar-refractivity contribution is 0.654. The number of hydrogen-bond donors (Lipinski definition) is 0. The van der Waals surface area contributed by atoms with Crippen LogP contribution < -0.4 is 9.80 Å². The first-order valence-corrected chi connectivity index (χ1v) is 20.3. The molecule has 2 heteroatoms. The van der Waals surface area contributed by atoms with Gasteiger partial charge in [0, 0.05) is 39.9 Å². The molecular formula is C53H46N2. The first-order chi connectivity index (χ1) is 27.3. The topological polar surface area (TPSA) is 6.48 Å². The minimum Gasteiger partial charge on any atom is -0.334 e. The van der Waals surface area contributed by atoms with Gasteiger partial charge in [-0.05, 0) is 157 Å². The van der Waals surface area contributed by atoms with Gasteiger partial charge in [-0.3, -0.25) is 0 Å². The zero-order chi connectivity index (χ0) is 36.6. The predicted octanol–water partition coefficient (Wildman–Crippen LogP) is 13.7. The molecule has 10 rings (SSSR count). The van der Waals surface area contributed by atoms with Crippen molar-refractivity contribution < 1.29 is 0 Å². The summed E-state index contributed by atoms with van der Waals surface area (Å²) >= 11 is 0. The molecule has 0 N–H and O–H groups in total. The predicted molar refractivity (Wildman–Crippen MR) is 230 cm³/mol. The number of para-hydroxylation sites is 1. The molecule has 0 spiro atoms. The molecule has 55 heavy (non-hydrogen) atoms. The third-order valence-corrected chi connectivity index (χ3v) is 12.2. The van der Waals surface area contributed by atoms with Crippen molar-refractivity contribution in [3.05, 3.63) is 214 Å². The van der Waals surface area contributed by atoms with Gasteiger partial charge in [-0.2, -0.15) is 0 Å². The third-order valence-electron chi connectivity index (χ3n) is 12.2. The summed E-state index contributed by atoms with van der Waals surface area (Å²) in [4.78, 5) is 5.05. The molecule has 0 saturated heterocycles. The maximum atomic E-state index is 3.30. The molecular weight excluding hydrogens is 665 g/mol. The SMILES string of the molecule is C1=C=C(C2=CCC(N(c3ccc(C4C=CCCC4)cc3)c3ccc4c(c3)Cc3cc(N(C5=CCCC6=C5C=CCC6)c5ccccc5)ccc3-4)C=C2)C=CC=1. The number of fused-ring (bicyclic) bond motifs is 3. The second-order valence-electron chi connectivity index (χ2n) is 15.6. The largest absolute Gasteiger partial charge is 0.334 e. The van der Waals surface area contributed by atoms with E-state index in [0.29, 0.717) is 5.92 Å². The van der Waals surface area contributed by atoms with E-state index in [4.69, 9.17) is 0 Å². The van der Waals surface area contributed by atoms with Crippen LogP contribution >= 0.6 is 0 Å². The highest BCUT2D eigenvalue weighted by Gasteiger charge is 2.28. The molecule has 0 aliphatic heterocycles. The van der Waals surface area contributed by atoms with Gasteiger partial charge in [0.15, 0.2) is 0 Å². The minimum absolute atomic E-state index is 0.196. The number of benzene rings is 4. The van der Waals surface area contributed by atoms with Crippen molar-refractivity contribution in [2.24, 2.45) is 0 Å². The van der Waals surface area contributed by atoms with E-state index in [1.165, 1.54) is 99.5 Å². The molecule has 2 unspecified atom stereocenters. The van der Waals surface area contributed by atoms with Crippen molar-refractivity contribution in [2.75, 3.05) is 9.80 Å². The van der Waals surface area contributed by atoms with Crippen molar-refractivity contribution in [2.45, 2.75) is 69.7 Å². The molecule has 4 aromatic carbocycles. The molecule has 268 valence electrons. The van der Waals surface area contributed by atoms with Gasteiger partial charge < -0.3 is 9.80 Å². The van der Waals surface area contributed by atoms with E-state index in [2.05, 4.69) is 167 Å². The van der Waals surface area contributed by atoms with E-state index in [1.807, 2.05) is 12.2 Å². The summed E-state index contributed by atoms with van der Waals surface area (Å²) in [7, 11) is 0. The van der Waals surface area contributed by atoms with Gasteiger partial charge in [0.25, 0.3) is 0 Å². The average Bonchev–Trinajstić information content (AvgIpc) is 3.63. The van der Waals surface area contributed by atoms with Gasteiger partial charge in [-0.25, -0.2) is 0 Å². The summed E-state index contributed by atoms with van der Waals surface area (Å²) < 4.78 is 0. The van der Waals surface area contributed by atoms with Crippen LogP contribution in [0.1, 0.15) is 74.0 Å². The fourth-order valence-electron chi connectivity index (χ4n) is 9.45. The van der Waals surface area contributed by atoms with E-state index >= 15 is 0 Å². The Morgan fingerprint density at radius 3 is 2.22 bits per heavy atom. The Morgan fingerprint density at radius 2 is 1.45 bits per heavy atom. The maximum absolute atomic E-state index is 3.30. The Hall–Kier alpha value is -6.04. The van der Waals surface area contributed by atoms with Crippen LogP contribution in [0.4, 0.5) is 22.7 Å². The van der Waals surface area contributed by atoms with Crippen LogP contribution in [0.5, 0.6) is 0 Å². The maximum Gasteiger partial charge on any atom is 0.0560 e. The molecule has 0 saturated carbocycles. The van der Waals surface area contributed by atoms with Crippen molar-refractivity contribution in [3.63, 3.8) is 0 Å². The smallest absolute Gasteiger partial charge is 0.0560 e. The highest BCUT2D eigenvalue weighted by atomic mass is 15.2. The number of hydrogen-bond acceptors (Lipinski definition) is 2. The summed E-state index contributed by atoms with van der Waals surface area (Å²) in [5, 5.41) is 0. The third kappa shape index (κ3) is 6.49. The Bertz CT molecular complexity index is 2480. The van der Waals surface area contributed by atoms with Crippen LogP contribution in [0.3, 0.4) is 0 Å². The first kappa shape index (κ1) is 33.5. The Balaban J connectivity index is 0.987. The quantitative estimate of drug-likeness (QED) is 0.117. The number of allylic oxidation sites excluding steroid dienone is 12. The molecule has 0 fully saturated rings. The zero-order valence-electron chi connectivity index (χ0n) is 31.4. The zero-order valence-corrected chi connectivity index (χ0v) is 31.4. The molecule has 4 aromatic rings. The normalized spacial score (nSPS) is 20.4. The second kappa shape index (κ2) is 14.7. The molecule has 6 aliphatic carbocycles. The van der Waals surface area contributed by atoms with Gasteiger partial charge in [-0.15, -0.1) is 0 Å². The lowest BCUT2D eigenvalue weighted by Gasteiger charge is -2.34. The monoisotopic (exact) mass is 710 g/mol. The van der Waals surface area contributed by atoms with Crippen LogP contribution in [0.2, 0.25) is 0 Å². The van der Waals surface area contributed by atoms with E-state index < -0.39 is 0 Å². The lowest BCUT2D eigenvalue weighted by atomic mass is 9.87. The van der Waals surface area contributed by atoms with Crippen LogP contribution in [0.25, 0.3) is 11.1 Å². The van der Waals surface area contributed by atoms with Crippen molar-refractivity contribution in [1.82, 2.24) is 0 Å².